The molecule has 0 aliphatic rings. The van der Waals surface area contributed by atoms with Gasteiger partial charge in [0.15, 0.2) is 0 Å². The highest BCUT2D eigenvalue weighted by Crippen LogP contribution is 2.20. The van der Waals surface area contributed by atoms with Crippen molar-refractivity contribution in [1.29, 1.82) is 0 Å². The van der Waals surface area contributed by atoms with Crippen molar-refractivity contribution >= 4 is 23.2 Å². The molecule has 5 nitrogen and oxygen atoms in total. The molecule has 0 atom stereocenters. The summed E-state index contributed by atoms with van der Waals surface area (Å²) in [5.41, 5.74) is 1.15. The number of nitrogens with zero attached hydrogens (tertiary/aromatic N) is 2. The Labute approximate surface area is 127 Å². The van der Waals surface area contributed by atoms with E-state index in [0.717, 1.165) is 0 Å². The van der Waals surface area contributed by atoms with Crippen LogP contribution in [0.15, 0.2) is 36.7 Å². The molecule has 2 N–H and O–H groups in total. The molecule has 2 aromatic rings. The van der Waals surface area contributed by atoms with E-state index < -0.39 is 0 Å². The SMILES string of the molecule is O=C(CCn1cccn1)Nc1cc(Cl)ccc1C#CCO. The number of rotatable bonds is 4. The lowest BCUT2D eigenvalue weighted by Crippen LogP contribution is -2.15. The molecule has 6 heteroatoms. The molecule has 0 bridgehead atoms. The first-order valence-corrected chi connectivity index (χ1v) is 6.73. The smallest absolute Gasteiger partial charge is 0.226 e. The lowest BCUT2D eigenvalue weighted by atomic mass is 10.1. The number of aromatic nitrogens is 2. The third-order valence-corrected chi connectivity index (χ3v) is 2.92. The largest absolute Gasteiger partial charge is 0.384 e. The van der Waals surface area contributed by atoms with E-state index in [1.807, 2.05) is 0 Å². The van der Waals surface area contributed by atoms with Gasteiger partial charge >= 0.3 is 0 Å². The maximum atomic E-state index is 12.0. The van der Waals surface area contributed by atoms with Gasteiger partial charge < -0.3 is 10.4 Å². The lowest BCUT2D eigenvalue weighted by molar-refractivity contribution is -0.116. The third-order valence-electron chi connectivity index (χ3n) is 2.68. The minimum absolute atomic E-state index is 0.153. The number of halogens is 1. The molecule has 0 saturated heterocycles. The maximum Gasteiger partial charge on any atom is 0.226 e. The highest BCUT2D eigenvalue weighted by Gasteiger charge is 2.07. The number of carbonyl (C=O) groups is 1. The quantitative estimate of drug-likeness (QED) is 0.848. The summed E-state index contributed by atoms with van der Waals surface area (Å²) in [6.07, 6.45) is 3.75. The highest BCUT2D eigenvalue weighted by molar-refractivity contribution is 6.31. The zero-order valence-corrected chi connectivity index (χ0v) is 12.0. The van der Waals surface area contributed by atoms with Crippen LogP contribution in [-0.2, 0) is 11.3 Å². The van der Waals surface area contributed by atoms with Gasteiger partial charge in [0.2, 0.25) is 5.91 Å². The van der Waals surface area contributed by atoms with Crippen molar-refractivity contribution in [2.24, 2.45) is 0 Å². The molecule has 0 spiro atoms. The number of aryl methyl sites for hydroxylation is 1. The van der Waals surface area contributed by atoms with Crippen LogP contribution in [-0.4, -0.2) is 27.4 Å². The number of benzene rings is 1. The van der Waals surface area contributed by atoms with Gasteiger partial charge in [-0.25, -0.2) is 0 Å². The monoisotopic (exact) mass is 303 g/mol. The first-order chi connectivity index (χ1) is 10.2. The van der Waals surface area contributed by atoms with Crippen LogP contribution in [0.1, 0.15) is 12.0 Å². The van der Waals surface area contributed by atoms with Crippen molar-refractivity contribution in [3.63, 3.8) is 0 Å². The fourth-order valence-corrected chi connectivity index (χ4v) is 1.90. The Kier molecular flexibility index (Phi) is 5.38. The molecule has 0 radical (unpaired) electrons. The first-order valence-electron chi connectivity index (χ1n) is 6.35. The van der Waals surface area contributed by atoms with E-state index in [1.165, 1.54) is 0 Å². The number of nitrogens with one attached hydrogen (secondary N) is 1. The number of anilines is 1. The van der Waals surface area contributed by atoms with Crippen molar-refractivity contribution in [3.05, 3.63) is 47.2 Å². The van der Waals surface area contributed by atoms with Gasteiger partial charge in [0.25, 0.3) is 0 Å². The van der Waals surface area contributed by atoms with Crippen LogP contribution in [0.25, 0.3) is 0 Å². The van der Waals surface area contributed by atoms with Crippen LogP contribution in [0, 0.1) is 11.8 Å². The summed E-state index contributed by atoms with van der Waals surface area (Å²) in [7, 11) is 0. The zero-order valence-electron chi connectivity index (χ0n) is 11.2. The van der Waals surface area contributed by atoms with Gasteiger partial charge in [0.05, 0.1) is 5.69 Å². The second-order valence-corrected chi connectivity index (χ2v) is 4.65. The van der Waals surface area contributed by atoms with Gasteiger partial charge in [-0.05, 0) is 24.3 Å². The van der Waals surface area contributed by atoms with Crippen LogP contribution in [0.3, 0.4) is 0 Å². The predicted octanol–water partition coefficient (Wildman–Crippen LogP) is 1.91. The summed E-state index contributed by atoms with van der Waals surface area (Å²) in [6.45, 7) is 0.256. The van der Waals surface area contributed by atoms with Gasteiger partial charge in [0.1, 0.15) is 6.61 Å². The Morgan fingerprint density at radius 1 is 1.48 bits per heavy atom. The summed E-state index contributed by atoms with van der Waals surface area (Å²) in [5, 5.41) is 16.1. The summed E-state index contributed by atoms with van der Waals surface area (Å²) >= 11 is 5.93. The number of aliphatic hydroxyl groups is 1. The van der Waals surface area contributed by atoms with Gasteiger partial charge in [0, 0.05) is 35.9 Å². The minimum Gasteiger partial charge on any atom is -0.384 e. The van der Waals surface area contributed by atoms with E-state index in [2.05, 4.69) is 22.3 Å². The van der Waals surface area contributed by atoms with Crippen molar-refractivity contribution in [1.82, 2.24) is 9.78 Å². The zero-order chi connectivity index (χ0) is 15.1. The number of aliphatic hydroxyl groups excluding tert-OH is 1. The number of amides is 1. The summed E-state index contributed by atoms with van der Waals surface area (Å²) in [4.78, 5) is 12.0. The van der Waals surface area contributed by atoms with Crippen molar-refractivity contribution in [2.75, 3.05) is 11.9 Å². The Bertz CT molecular complexity index is 672. The molecule has 108 valence electrons. The molecule has 1 heterocycles. The topological polar surface area (TPSA) is 67.2 Å². The van der Waals surface area contributed by atoms with Crippen molar-refractivity contribution in [2.45, 2.75) is 13.0 Å². The Hall–Kier alpha value is -2.29. The molecule has 1 amide bonds. The molecule has 0 aliphatic heterocycles. The number of hydrogen-bond donors (Lipinski definition) is 2. The van der Waals surface area contributed by atoms with Crippen LogP contribution in [0.4, 0.5) is 5.69 Å². The van der Waals surface area contributed by atoms with E-state index in [0.29, 0.717) is 29.2 Å². The van der Waals surface area contributed by atoms with Crippen LogP contribution >= 0.6 is 11.6 Å². The molecular weight excluding hydrogens is 290 g/mol. The highest BCUT2D eigenvalue weighted by atomic mass is 35.5. The molecule has 0 fully saturated rings. The first kappa shape index (κ1) is 15.1. The second-order valence-electron chi connectivity index (χ2n) is 4.22. The molecule has 0 aliphatic carbocycles. The molecule has 21 heavy (non-hydrogen) atoms. The van der Waals surface area contributed by atoms with Gasteiger partial charge in [-0.2, -0.15) is 5.10 Å². The fourth-order valence-electron chi connectivity index (χ4n) is 1.73. The minimum atomic E-state index is -0.241. The maximum absolute atomic E-state index is 12.0. The second kappa shape index (κ2) is 7.48. The summed E-state index contributed by atoms with van der Waals surface area (Å²) in [6, 6.07) is 6.82. The van der Waals surface area contributed by atoms with Crippen LogP contribution in [0.2, 0.25) is 5.02 Å². The third kappa shape index (κ3) is 4.63. The van der Waals surface area contributed by atoms with Crippen molar-refractivity contribution < 1.29 is 9.90 Å². The fraction of sp³-hybridized carbons (Fsp3) is 0.200. The lowest BCUT2D eigenvalue weighted by Gasteiger charge is -2.08. The Morgan fingerprint density at radius 3 is 3.05 bits per heavy atom. The van der Waals surface area contributed by atoms with E-state index in [9.17, 15) is 4.79 Å². The molecule has 0 saturated carbocycles. The standard InChI is InChI=1S/C15H14ClN3O2/c16-13-5-4-12(3-1-10-20)14(11-13)18-15(21)6-9-19-8-2-7-17-19/h2,4-5,7-8,11,20H,6,9-10H2,(H,18,21). The van der Waals surface area contributed by atoms with Crippen molar-refractivity contribution in [3.8, 4) is 11.8 Å². The predicted molar refractivity (Wildman–Crippen MR) is 80.9 cm³/mol. The molecule has 1 aromatic carbocycles. The van der Waals surface area contributed by atoms with Crippen LogP contribution in [0.5, 0.6) is 0 Å². The molecular formula is C15H14ClN3O2. The average Bonchev–Trinajstić information content (AvgIpc) is 2.98. The van der Waals surface area contributed by atoms with E-state index in [4.69, 9.17) is 16.7 Å². The van der Waals surface area contributed by atoms with Gasteiger partial charge in [-0.1, -0.05) is 23.4 Å². The molecule has 1 aromatic heterocycles. The Balaban J connectivity index is 2.03. The Morgan fingerprint density at radius 2 is 2.33 bits per heavy atom. The van der Waals surface area contributed by atoms with Gasteiger partial charge in [-0.3, -0.25) is 9.48 Å². The van der Waals surface area contributed by atoms with E-state index in [-0.39, 0.29) is 12.5 Å². The summed E-state index contributed by atoms with van der Waals surface area (Å²) < 4.78 is 1.68. The summed E-state index contributed by atoms with van der Waals surface area (Å²) in [5.74, 6) is 5.17. The number of hydrogen-bond acceptors (Lipinski definition) is 3. The van der Waals surface area contributed by atoms with Gasteiger partial charge in [-0.15, -0.1) is 0 Å². The van der Waals surface area contributed by atoms with Crippen LogP contribution < -0.4 is 5.32 Å². The van der Waals surface area contributed by atoms with E-state index in [1.54, 1.807) is 41.3 Å². The average molecular weight is 304 g/mol. The molecule has 0 unspecified atom stereocenters. The van der Waals surface area contributed by atoms with E-state index >= 15 is 0 Å². The molecule has 2 rings (SSSR count). The normalized spacial score (nSPS) is 9.81. The number of carbonyl (C=O) groups excluding carboxylic acids is 1.